The zero-order chi connectivity index (χ0) is 13.6. The van der Waals surface area contributed by atoms with Gasteiger partial charge in [0.25, 0.3) is 0 Å². The topological polar surface area (TPSA) is 78.4 Å². The number of hydrogen-bond acceptors (Lipinski definition) is 3. The summed E-state index contributed by atoms with van der Waals surface area (Å²) in [5.41, 5.74) is -0.445. The summed E-state index contributed by atoms with van der Waals surface area (Å²) in [5.74, 6) is 0.430. The van der Waals surface area contributed by atoms with Gasteiger partial charge in [-0.3, -0.25) is 9.59 Å². The second kappa shape index (κ2) is 6.73. The Balaban J connectivity index is 2.38. The van der Waals surface area contributed by atoms with E-state index in [0.717, 1.165) is 25.7 Å². The minimum absolute atomic E-state index is 0.00834. The third kappa shape index (κ3) is 4.64. The van der Waals surface area contributed by atoms with E-state index in [0.29, 0.717) is 12.5 Å². The van der Waals surface area contributed by atoms with Crippen LogP contribution in [0, 0.1) is 5.92 Å². The fourth-order valence-electron chi connectivity index (χ4n) is 2.35. The first kappa shape index (κ1) is 15.0. The molecule has 5 heteroatoms. The Morgan fingerprint density at radius 1 is 1.33 bits per heavy atom. The van der Waals surface area contributed by atoms with Gasteiger partial charge in [-0.05, 0) is 31.6 Å². The summed E-state index contributed by atoms with van der Waals surface area (Å²) in [6.07, 6.45) is 3.99. The van der Waals surface area contributed by atoms with Crippen LogP contribution in [0.15, 0.2) is 0 Å². The summed E-state index contributed by atoms with van der Waals surface area (Å²) in [5, 5.41) is 15.0. The Morgan fingerprint density at radius 3 is 2.44 bits per heavy atom. The monoisotopic (exact) mass is 256 g/mol. The first-order valence-corrected chi connectivity index (χ1v) is 6.64. The maximum absolute atomic E-state index is 11.8. The lowest BCUT2D eigenvalue weighted by molar-refractivity contribution is -0.124. The number of carbonyl (C=O) groups is 2. The number of aliphatic hydroxyl groups is 1. The average Bonchev–Trinajstić information content (AvgIpc) is 2.32. The second-order valence-electron chi connectivity index (χ2n) is 5.40. The minimum Gasteiger partial charge on any atom is -0.394 e. The highest BCUT2D eigenvalue weighted by molar-refractivity contribution is 5.78. The smallest absolute Gasteiger partial charge is 0.222 e. The fraction of sp³-hybridized carbons (Fsp3) is 0.846. The van der Waals surface area contributed by atoms with Crippen molar-refractivity contribution in [3.8, 4) is 0 Å². The minimum atomic E-state index is -0.445. The van der Waals surface area contributed by atoms with Gasteiger partial charge in [0, 0.05) is 19.9 Å². The molecule has 5 nitrogen and oxygen atoms in total. The highest BCUT2D eigenvalue weighted by atomic mass is 16.3. The molecule has 1 fully saturated rings. The maximum atomic E-state index is 11.8. The molecule has 0 bridgehead atoms. The molecule has 0 unspecified atom stereocenters. The first-order chi connectivity index (χ1) is 8.47. The molecule has 1 aliphatic carbocycles. The van der Waals surface area contributed by atoms with Crippen molar-refractivity contribution < 1.29 is 14.7 Å². The second-order valence-corrected chi connectivity index (χ2v) is 5.40. The van der Waals surface area contributed by atoms with Crippen LogP contribution in [0.4, 0.5) is 0 Å². The largest absolute Gasteiger partial charge is 0.394 e. The van der Waals surface area contributed by atoms with Crippen LogP contribution in [0.5, 0.6) is 0 Å². The van der Waals surface area contributed by atoms with Crippen LogP contribution in [0.3, 0.4) is 0 Å². The molecule has 18 heavy (non-hydrogen) atoms. The Morgan fingerprint density at radius 2 is 1.94 bits per heavy atom. The van der Waals surface area contributed by atoms with Crippen LogP contribution in [-0.2, 0) is 9.59 Å². The highest BCUT2D eigenvalue weighted by Gasteiger charge is 2.34. The molecule has 1 rings (SSSR count). The van der Waals surface area contributed by atoms with Gasteiger partial charge in [-0.2, -0.15) is 0 Å². The number of carbonyl (C=O) groups excluding carboxylic acids is 2. The summed E-state index contributed by atoms with van der Waals surface area (Å²) in [6, 6.07) is 0. The molecule has 0 radical (unpaired) electrons. The lowest BCUT2D eigenvalue weighted by Crippen LogP contribution is -2.53. The Bertz CT molecular complexity index is 297. The maximum Gasteiger partial charge on any atom is 0.222 e. The summed E-state index contributed by atoms with van der Waals surface area (Å²) >= 11 is 0. The molecule has 1 aliphatic rings. The Hall–Kier alpha value is -1.10. The van der Waals surface area contributed by atoms with Gasteiger partial charge in [0.1, 0.15) is 0 Å². The SMILES string of the molecule is CC(=O)NCCC(=O)NC1(CO)CCC(C)CC1. The molecule has 0 spiro atoms. The van der Waals surface area contributed by atoms with Crippen molar-refractivity contribution in [2.75, 3.05) is 13.2 Å². The summed E-state index contributed by atoms with van der Waals surface area (Å²) in [6.45, 7) is 3.96. The van der Waals surface area contributed by atoms with Crippen molar-refractivity contribution in [3.05, 3.63) is 0 Å². The highest BCUT2D eigenvalue weighted by Crippen LogP contribution is 2.31. The Kier molecular flexibility index (Phi) is 5.59. The van der Waals surface area contributed by atoms with Gasteiger partial charge < -0.3 is 15.7 Å². The molecular weight excluding hydrogens is 232 g/mol. The van der Waals surface area contributed by atoms with E-state index >= 15 is 0 Å². The van der Waals surface area contributed by atoms with E-state index in [9.17, 15) is 14.7 Å². The molecule has 0 aromatic heterocycles. The zero-order valence-electron chi connectivity index (χ0n) is 11.3. The molecule has 0 heterocycles. The van der Waals surface area contributed by atoms with Gasteiger partial charge >= 0.3 is 0 Å². The number of amides is 2. The van der Waals surface area contributed by atoms with Gasteiger partial charge in [0.15, 0.2) is 0 Å². The van der Waals surface area contributed by atoms with Gasteiger partial charge in [-0.15, -0.1) is 0 Å². The van der Waals surface area contributed by atoms with E-state index in [1.54, 1.807) is 0 Å². The van der Waals surface area contributed by atoms with E-state index in [4.69, 9.17) is 0 Å². The summed E-state index contributed by atoms with van der Waals surface area (Å²) in [4.78, 5) is 22.5. The van der Waals surface area contributed by atoms with E-state index < -0.39 is 5.54 Å². The van der Waals surface area contributed by atoms with Crippen LogP contribution in [0.2, 0.25) is 0 Å². The van der Waals surface area contributed by atoms with Crippen LogP contribution in [-0.4, -0.2) is 35.6 Å². The van der Waals surface area contributed by atoms with E-state index in [1.165, 1.54) is 6.92 Å². The molecule has 0 aromatic rings. The van der Waals surface area contributed by atoms with Crippen LogP contribution < -0.4 is 10.6 Å². The molecular formula is C13H24N2O3. The van der Waals surface area contributed by atoms with Crippen molar-refractivity contribution in [1.82, 2.24) is 10.6 Å². The normalized spacial score (nSPS) is 27.6. The standard InChI is InChI=1S/C13H24N2O3/c1-10-3-6-13(9-16,7-4-10)15-12(18)5-8-14-11(2)17/h10,16H,3-9H2,1-2H3,(H,14,17)(H,15,18). The number of rotatable bonds is 5. The van der Waals surface area contributed by atoms with Crippen molar-refractivity contribution in [1.29, 1.82) is 0 Å². The number of nitrogens with one attached hydrogen (secondary N) is 2. The third-order valence-corrected chi connectivity index (χ3v) is 3.66. The fourth-order valence-corrected chi connectivity index (χ4v) is 2.35. The number of hydrogen-bond donors (Lipinski definition) is 3. The molecule has 1 saturated carbocycles. The van der Waals surface area contributed by atoms with Gasteiger partial charge in [-0.1, -0.05) is 6.92 Å². The third-order valence-electron chi connectivity index (χ3n) is 3.66. The Labute approximate surface area is 108 Å². The van der Waals surface area contributed by atoms with E-state index in [-0.39, 0.29) is 24.8 Å². The molecule has 3 N–H and O–H groups in total. The molecule has 0 aromatic carbocycles. The molecule has 2 amide bonds. The van der Waals surface area contributed by atoms with Crippen LogP contribution >= 0.6 is 0 Å². The van der Waals surface area contributed by atoms with Crippen molar-refractivity contribution in [2.24, 2.45) is 5.92 Å². The predicted octanol–water partition coefficient (Wildman–Crippen LogP) is 0.570. The lowest BCUT2D eigenvalue weighted by atomic mass is 9.77. The zero-order valence-corrected chi connectivity index (χ0v) is 11.3. The molecule has 0 atom stereocenters. The molecule has 0 saturated heterocycles. The van der Waals surface area contributed by atoms with Gasteiger partial charge in [0.05, 0.1) is 12.1 Å². The van der Waals surface area contributed by atoms with E-state index in [2.05, 4.69) is 17.6 Å². The van der Waals surface area contributed by atoms with Crippen LogP contribution in [0.25, 0.3) is 0 Å². The van der Waals surface area contributed by atoms with Gasteiger partial charge in [0.2, 0.25) is 11.8 Å². The van der Waals surface area contributed by atoms with Gasteiger partial charge in [-0.25, -0.2) is 0 Å². The summed E-state index contributed by atoms with van der Waals surface area (Å²) in [7, 11) is 0. The molecule has 0 aliphatic heterocycles. The molecule has 104 valence electrons. The van der Waals surface area contributed by atoms with Crippen molar-refractivity contribution in [3.63, 3.8) is 0 Å². The van der Waals surface area contributed by atoms with E-state index in [1.807, 2.05) is 0 Å². The average molecular weight is 256 g/mol. The number of aliphatic hydroxyl groups excluding tert-OH is 1. The summed E-state index contributed by atoms with van der Waals surface area (Å²) < 4.78 is 0. The van der Waals surface area contributed by atoms with Crippen molar-refractivity contribution >= 4 is 11.8 Å². The van der Waals surface area contributed by atoms with Crippen molar-refractivity contribution in [2.45, 2.75) is 51.5 Å². The quantitative estimate of drug-likeness (QED) is 0.673. The van der Waals surface area contributed by atoms with Crippen LogP contribution in [0.1, 0.15) is 46.0 Å². The first-order valence-electron chi connectivity index (χ1n) is 6.64. The lowest BCUT2D eigenvalue weighted by Gasteiger charge is -2.38. The predicted molar refractivity (Wildman–Crippen MR) is 68.9 cm³/mol.